The summed E-state index contributed by atoms with van der Waals surface area (Å²) in [6, 6.07) is 7.21. The molecule has 1 aromatic rings. The number of hydrogen-bond acceptors (Lipinski definition) is 2. The van der Waals surface area contributed by atoms with Gasteiger partial charge in [-0.15, -0.1) is 0 Å². The van der Waals surface area contributed by atoms with Gasteiger partial charge in [-0.25, -0.2) is 0 Å². The summed E-state index contributed by atoms with van der Waals surface area (Å²) in [5.74, 6) is 0. The van der Waals surface area contributed by atoms with Crippen molar-refractivity contribution < 1.29 is 0 Å². The van der Waals surface area contributed by atoms with Gasteiger partial charge < -0.3 is 10.2 Å². The van der Waals surface area contributed by atoms with Crippen molar-refractivity contribution in [2.75, 3.05) is 24.5 Å². The van der Waals surface area contributed by atoms with E-state index in [0.29, 0.717) is 11.5 Å². The molecule has 0 amide bonds. The third-order valence-electron chi connectivity index (χ3n) is 4.22. The monoisotopic (exact) mass is 338 g/mol. The van der Waals surface area contributed by atoms with Crippen molar-refractivity contribution in [3.05, 3.63) is 28.2 Å². The molecule has 1 unspecified atom stereocenters. The van der Waals surface area contributed by atoms with E-state index in [2.05, 4.69) is 72.0 Å². The zero-order valence-corrected chi connectivity index (χ0v) is 14.8. The highest BCUT2D eigenvalue weighted by Gasteiger charge is 2.27. The van der Waals surface area contributed by atoms with Crippen molar-refractivity contribution in [2.24, 2.45) is 5.41 Å². The van der Waals surface area contributed by atoms with Crippen LogP contribution >= 0.6 is 15.9 Å². The molecule has 20 heavy (non-hydrogen) atoms. The summed E-state index contributed by atoms with van der Waals surface area (Å²) in [4.78, 5) is 2.52. The van der Waals surface area contributed by atoms with E-state index in [1.807, 2.05) is 0 Å². The van der Waals surface area contributed by atoms with Crippen molar-refractivity contribution >= 4 is 21.6 Å². The Morgan fingerprint density at radius 3 is 2.75 bits per heavy atom. The maximum atomic E-state index is 3.77. The average Bonchev–Trinajstić information content (AvgIpc) is 2.37. The molecule has 1 aromatic carbocycles. The summed E-state index contributed by atoms with van der Waals surface area (Å²) < 4.78 is 1.22. The minimum absolute atomic E-state index is 0.406. The predicted octanol–water partition coefficient (Wildman–Crippen LogP) is 4.75. The molecule has 1 aliphatic rings. The van der Waals surface area contributed by atoms with Crippen molar-refractivity contribution in [3.63, 3.8) is 0 Å². The van der Waals surface area contributed by atoms with Gasteiger partial charge >= 0.3 is 0 Å². The number of benzene rings is 1. The Morgan fingerprint density at radius 1 is 1.40 bits per heavy atom. The Morgan fingerprint density at radius 2 is 2.15 bits per heavy atom. The number of nitrogens with one attached hydrogen (secondary N) is 1. The second kappa shape index (κ2) is 6.48. The van der Waals surface area contributed by atoms with Crippen LogP contribution in [-0.4, -0.2) is 19.6 Å². The topological polar surface area (TPSA) is 15.3 Å². The zero-order valence-electron chi connectivity index (χ0n) is 13.2. The number of nitrogens with zero attached hydrogens (tertiary/aromatic N) is 1. The molecule has 0 spiro atoms. The quantitative estimate of drug-likeness (QED) is 0.852. The fraction of sp³-hybridized carbons (Fsp3) is 0.647. The maximum Gasteiger partial charge on any atom is 0.0511 e. The third kappa shape index (κ3) is 3.76. The van der Waals surface area contributed by atoms with Gasteiger partial charge in [0.05, 0.1) is 5.69 Å². The van der Waals surface area contributed by atoms with Crippen LogP contribution in [0.4, 0.5) is 5.69 Å². The van der Waals surface area contributed by atoms with E-state index in [0.717, 1.165) is 13.1 Å². The van der Waals surface area contributed by atoms with Gasteiger partial charge in [0.1, 0.15) is 0 Å². The highest BCUT2D eigenvalue weighted by molar-refractivity contribution is 9.10. The largest absolute Gasteiger partial charge is 0.370 e. The molecule has 1 heterocycles. The van der Waals surface area contributed by atoms with Gasteiger partial charge in [-0.1, -0.05) is 26.8 Å². The summed E-state index contributed by atoms with van der Waals surface area (Å²) in [6.07, 6.45) is 2.62. The van der Waals surface area contributed by atoms with Gasteiger partial charge in [0.2, 0.25) is 0 Å². The Balaban J connectivity index is 2.17. The van der Waals surface area contributed by atoms with Crippen LogP contribution in [0, 0.1) is 5.41 Å². The first-order valence-electron chi connectivity index (χ1n) is 7.71. The van der Waals surface area contributed by atoms with Gasteiger partial charge in [0.15, 0.2) is 0 Å². The molecule has 1 N–H and O–H groups in total. The summed E-state index contributed by atoms with van der Waals surface area (Å²) in [5.41, 5.74) is 3.11. The summed E-state index contributed by atoms with van der Waals surface area (Å²) in [6.45, 7) is 12.4. The van der Waals surface area contributed by atoms with Crippen molar-refractivity contribution in [2.45, 2.75) is 46.6 Å². The summed E-state index contributed by atoms with van der Waals surface area (Å²) >= 11 is 3.77. The van der Waals surface area contributed by atoms with Gasteiger partial charge in [-0.3, -0.25) is 0 Å². The van der Waals surface area contributed by atoms with Crippen LogP contribution in [0.5, 0.6) is 0 Å². The normalized spacial score (nSPS) is 19.9. The van der Waals surface area contributed by atoms with Crippen molar-refractivity contribution in [3.8, 4) is 0 Å². The number of rotatable bonds is 4. The Kier molecular flexibility index (Phi) is 5.14. The minimum Gasteiger partial charge on any atom is -0.370 e. The van der Waals surface area contributed by atoms with Gasteiger partial charge in [-0.2, -0.15) is 0 Å². The summed E-state index contributed by atoms with van der Waals surface area (Å²) in [5, 5.41) is 3.47. The molecule has 1 saturated heterocycles. The van der Waals surface area contributed by atoms with Crippen LogP contribution in [0.3, 0.4) is 0 Å². The van der Waals surface area contributed by atoms with Crippen molar-refractivity contribution in [1.29, 1.82) is 0 Å². The standard InChI is InChI=1S/C17H27BrN2/c1-5-19-13(2)14-7-8-16(15(18)11-14)20-10-6-9-17(3,4)12-20/h7-8,11,13,19H,5-6,9-10,12H2,1-4H3. The lowest BCUT2D eigenvalue weighted by Crippen LogP contribution is -2.40. The van der Waals surface area contributed by atoms with Crippen LogP contribution in [0.25, 0.3) is 0 Å². The first kappa shape index (κ1) is 15.8. The number of halogens is 1. The van der Waals surface area contributed by atoms with E-state index in [1.165, 1.54) is 35.1 Å². The second-order valence-corrected chi connectivity index (χ2v) is 7.53. The molecule has 112 valence electrons. The average molecular weight is 339 g/mol. The lowest BCUT2D eigenvalue weighted by molar-refractivity contribution is 0.293. The molecule has 2 rings (SSSR count). The molecule has 0 aromatic heterocycles. The van der Waals surface area contributed by atoms with Gasteiger partial charge in [0, 0.05) is 23.6 Å². The van der Waals surface area contributed by atoms with E-state index < -0.39 is 0 Å². The van der Waals surface area contributed by atoms with Crippen molar-refractivity contribution in [1.82, 2.24) is 5.32 Å². The predicted molar refractivity (Wildman–Crippen MR) is 91.5 cm³/mol. The Hall–Kier alpha value is -0.540. The van der Waals surface area contributed by atoms with E-state index in [9.17, 15) is 0 Å². The van der Waals surface area contributed by atoms with E-state index in [4.69, 9.17) is 0 Å². The van der Waals surface area contributed by atoms with Gasteiger partial charge in [0.25, 0.3) is 0 Å². The molecule has 1 atom stereocenters. The van der Waals surface area contributed by atoms with Crippen LogP contribution in [0.1, 0.15) is 52.1 Å². The van der Waals surface area contributed by atoms with E-state index >= 15 is 0 Å². The second-order valence-electron chi connectivity index (χ2n) is 6.68. The Labute approximate surface area is 132 Å². The number of hydrogen-bond donors (Lipinski definition) is 1. The minimum atomic E-state index is 0.406. The third-order valence-corrected chi connectivity index (χ3v) is 4.86. The molecular formula is C17H27BrN2. The fourth-order valence-electron chi connectivity index (χ4n) is 3.10. The molecule has 3 heteroatoms. The van der Waals surface area contributed by atoms with E-state index in [1.54, 1.807) is 0 Å². The first-order valence-corrected chi connectivity index (χ1v) is 8.50. The molecule has 2 nitrogen and oxygen atoms in total. The molecule has 1 fully saturated rings. The number of anilines is 1. The van der Waals surface area contributed by atoms with Crippen LogP contribution in [-0.2, 0) is 0 Å². The van der Waals surface area contributed by atoms with E-state index in [-0.39, 0.29) is 0 Å². The zero-order chi connectivity index (χ0) is 14.8. The van der Waals surface area contributed by atoms with Crippen LogP contribution in [0.15, 0.2) is 22.7 Å². The van der Waals surface area contributed by atoms with Gasteiger partial charge in [-0.05, 0) is 65.4 Å². The molecule has 0 bridgehead atoms. The Bertz CT molecular complexity index is 456. The number of piperidine rings is 1. The molecule has 0 aliphatic carbocycles. The highest BCUT2D eigenvalue weighted by Crippen LogP contribution is 2.36. The van der Waals surface area contributed by atoms with Crippen LogP contribution < -0.4 is 10.2 Å². The first-order chi connectivity index (χ1) is 9.43. The molecule has 0 saturated carbocycles. The lowest BCUT2D eigenvalue weighted by atomic mass is 9.84. The lowest BCUT2D eigenvalue weighted by Gasteiger charge is -2.40. The van der Waals surface area contributed by atoms with Crippen LogP contribution in [0.2, 0.25) is 0 Å². The summed E-state index contributed by atoms with van der Waals surface area (Å²) in [7, 11) is 0. The highest BCUT2D eigenvalue weighted by atomic mass is 79.9. The molecule has 0 radical (unpaired) electrons. The maximum absolute atomic E-state index is 3.77. The molecular weight excluding hydrogens is 312 g/mol. The fourth-order valence-corrected chi connectivity index (χ4v) is 3.75. The molecule has 1 aliphatic heterocycles. The SMILES string of the molecule is CCNC(C)c1ccc(N2CCCC(C)(C)C2)c(Br)c1. The smallest absolute Gasteiger partial charge is 0.0511 e.